The molecule has 5 heteroatoms. The van der Waals surface area contributed by atoms with E-state index >= 15 is 0 Å². The molecule has 1 aromatic carbocycles. The Morgan fingerprint density at radius 3 is 2.84 bits per heavy atom. The molecule has 0 spiro atoms. The van der Waals surface area contributed by atoms with Crippen molar-refractivity contribution in [3.8, 4) is 0 Å². The zero-order chi connectivity index (χ0) is 13.2. The molecule has 1 aromatic heterocycles. The lowest BCUT2D eigenvalue weighted by Crippen LogP contribution is -2.09. The Hall–Kier alpha value is -1.59. The minimum absolute atomic E-state index is 0.649. The summed E-state index contributed by atoms with van der Waals surface area (Å²) in [4.78, 5) is 9.84. The van der Waals surface area contributed by atoms with Gasteiger partial charge in [-0.15, -0.1) is 0 Å². The van der Waals surface area contributed by atoms with E-state index in [4.69, 9.17) is 5.84 Å². The number of fused-ring (bicyclic) bond motifs is 1. The fourth-order valence-corrected chi connectivity index (χ4v) is 3.33. The zero-order valence-electron chi connectivity index (χ0n) is 10.8. The van der Waals surface area contributed by atoms with Crippen LogP contribution in [0.15, 0.2) is 34.2 Å². The molecule has 98 valence electrons. The molecule has 0 fully saturated rings. The van der Waals surface area contributed by atoms with Gasteiger partial charge in [-0.1, -0.05) is 17.8 Å². The van der Waals surface area contributed by atoms with E-state index in [0.29, 0.717) is 5.82 Å². The number of nitrogen functional groups attached to an aromatic ring is 1. The predicted octanol–water partition coefficient (Wildman–Crippen LogP) is 2.71. The van der Waals surface area contributed by atoms with Crippen molar-refractivity contribution >= 4 is 17.6 Å². The number of nitrogens with two attached hydrogens (primary N) is 1. The Labute approximate surface area is 116 Å². The summed E-state index contributed by atoms with van der Waals surface area (Å²) in [6.45, 7) is 1.87. The maximum Gasteiger partial charge on any atom is 0.144 e. The van der Waals surface area contributed by atoms with Crippen LogP contribution in [0.3, 0.4) is 0 Å². The van der Waals surface area contributed by atoms with E-state index in [-0.39, 0.29) is 0 Å². The summed E-state index contributed by atoms with van der Waals surface area (Å²) in [5, 5.41) is 0.915. The molecule has 3 rings (SSSR count). The molecule has 4 nitrogen and oxygen atoms in total. The average Bonchev–Trinajstić information content (AvgIpc) is 2.85. The summed E-state index contributed by atoms with van der Waals surface area (Å²) in [5.41, 5.74) is 5.54. The highest BCUT2D eigenvalue weighted by atomic mass is 32.2. The Kier molecular flexibility index (Phi) is 3.40. The number of hydrogen-bond donors (Lipinski definition) is 2. The second kappa shape index (κ2) is 5.19. The number of nitrogens with zero attached hydrogens (tertiary/aromatic N) is 2. The number of hydrogen-bond acceptors (Lipinski definition) is 5. The van der Waals surface area contributed by atoms with Crippen LogP contribution in [0.5, 0.6) is 0 Å². The molecule has 19 heavy (non-hydrogen) atoms. The molecule has 2 aromatic rings. The minimum atomic E-state index is 0.649. The highest BCUT2D eigenvalue weighted by Crippen LogP contribution is 2.31. The summed E-state index contributed by atoms with van der Waals surface area (Å²) in [6, 6.07) is 8.55. The van der Waals surface area contributed by atoms with E-state index in [2.05, 4.69) is 33.6 Å². The van der Waals surface area contributed by atoms with Gasteiger partial charge < -0.3 is 5.43 Å². The molecule has 1 aliphatic rings. The molecule has 0 amide bonds. The molecule has 1 aliphatic carbocycles. The van der Waals surface area contributed by atoms with Gasteiger partial charge in [0, 0.05) is 11.0 Å². The van der Waals surface area contributed by atoms with Gasteiger partial charge in [-0.3, -0.25) is 0 Å². The van der Waals surface area contributed by atoms with Crippen LogP contribution in [-0.4, -0.2) is 9.97 Å². The fourth-order valence-electron chi connectivity index (χ4n) is 2.40. The monoisotopic (exact) mass is 272 g/mol. The third-order valence-corrected chi connectivity index (χ3v) is 4.16. The van der Waals surface area contributed by atoms with Gasteiger partial charge in [0.25, 0.3) is 0 Å². The largest absolute Gasteiger partial charge is 0.308 e. The van der Waals surface area contributed by atoms with Crippen LogP contribution in [0.2, 0.25) is 0 Å². The van der Waals surface area contributed by atoms with Crippen LogP contribution in [0.4, 0.5) is 5.82 Å². The van der Waals surface area contributed by atoms with Crippen molar-refractivity contribution in [1.29, 1.82) is 0 Å². The summed E-state index contributed by atoms with van der Waals surface area (Å²) >= 11 is 1.65. The SMILES string of the molecule is Cc1nc(NN)cc(Sc2ccc3c(c2)CCC3)n1. The van der Waals surface area contributed by atoms with Crippen molar-refractivity contribution in [3.05, 3.63) is 41.2 Å². The number of nitrogens with one attached hydrogen (secondary N) is 1. The lowest BCUT2D eigenvalue weighted by Gasteiger charge is -2.06. The molecule has 0 saturated carbocycles. The van der Waals surface area contributed by atoms with Crippen molar-refractivity contribution < 1.29 is 0 Å². The second-order valence-electron chi connectivity index (χ2n) is 4.67. The van der Waals surface area contributed by atoms with E-state index < -0.39 is 0 Å². The Morgan fingerprint density at radius 1 is 1.16 bits per heavy atom. The quantitative estimate of drug-likeness (QED) is 0.511. The number of rotatable bonds is 3. The molecule has 3 N–H and O–H groups in total. The molecule has 0 bridgehead atoms. The Bertz CT molecular complexity index is 612. The first kappa shape index (κ1) is 12.4. The van der Waals surface area contributed by atoms with Gasteiger partial charge in [0.2, 0.25) is 0 Å². The van der Waals surface area contributed by atoms with E-state index in [9.17, 15) is 0 Å². The van der Waals surface area contributed by atoms with Crippen molar-refractivity contribution in [2.75, 3.05) is 5.43 Å². The first-order valence-corrected chi connectivity index (χ1v) is 7.18. The number of hydrazine groups is 1. The number of benzene rings is 1. The summed E-state index contributed by atoms with van der Waals surface area (Å²) in [6.07, 6.45) is 3.69. The van der Waals surface area contributed by atoms with Crippen LogP contribution in [-0.2, 0) is 12.8 Å². The van der Waals surface area contributed by atoms with Crippen molar-refractivity contribution in [1.82, 2.24) is 9.97 Å². The molecule has 0 saturated heterocycles. The minimum Gasteiger partial charge on any atom is -0.308 e. The normalized spacial score (nSPS) is 13.4. The van der Waals surface area contributed by atoms with Gasteiger partial charge in [0.05, 0.1) is 0 Å². The third-order valence-electron chi connectivity index (χ3n) is 3.25. The lowest BCUT2D eigenvalue weighted by molar-refractivity contribution is 0.911. The van der Waals surface area contributed by atoms with Gasteiger partial charge in [0.1, 0.15) is 16.7 Å². The molecule has 0 unspecified atom stereocenters. The van der Waals surface area contributed by atoms with Gasteiger partial charge in [-0.25, -0.2) is 15.8 Å². The molecule has 0 atom stereocenters. The van der Waals surface area contributed by atoms with Crippen molar-refractivity contribution in [3.63, 3.8) is 0 Å². The fraction of sp³-hybridized carbons (Fsp3) is 0.286. The van der Waals surface area contributed by atoms with E-state index in [0.717, 1.165) is 10.9 Å². The van der Waals surface area contributed by atoms with Gasteiger partial charge >= 0.3 is 0 Å². The number of anilines is 1. The highest BCUT2D eigenvalue weighted by Gasteiger charge is 2.11. The van der Waals surface area contributed by atoms with Gasteiger partial charge in [0.15, 0.2) is 0 Å². The Morgan fingerprint density at radius 2 is 2.00 bits per heavy atom. The molecular formula is C14H16N4S. The van der Waals surface area contributed by atoms with Gasteiger partial charge in [-0.2, -0.15) is 0 Å². The van der Waals surface area contributed by atoms with E-state index in [1.54, 1.807) is 11.8 Å². The Balaban J connectivity index is 1.86. The van der Waals surface area contributed by atoms with Crippen LogP contribution in [0, 0.1) is 6.92 Å². The maximum atomic E-state index is 5.41. The lowest BCUT2D eigenvalue weighted by atomic mass is 10.1. The van der Waals surface area contributed by atoms with Gasteiger partial charge in [-0.05, 0) is 49.4 Å². The van der Waals surface area contributed by atoms with E-state index in [1.807, 2.05) is 13.0 Å². The second-order valence-corrected chi connectivity index (χ2v) is 5.76. The molecule has 1 heterocycles. The van der Waals surface area contributed by atoms with Crippen LogP contribution < -0.4 is 11.3 Å². The standard InChI is InChI=1S/C14H16N4S/c1-9-16-13(18-15)8-14(17-9)19-12-6-5-10-3-2-4-11(10)7-12/h5-8H,2-4,15H2,1H3,(H,16,17,18). The smallest absolute Gasteiger partial charge is 0.144 e. The van der Waals surface area contributed by atoms with Crippen molar-refractivity contribution in [2.24, 2.45) is 5.84 Å². The first-order valence-electron chi connectivity index (χ1n) is 6.36. The third kappa shape index (κ3) is 2.72. The van der Waals surface area contributed by atoms with Crippen molar-refractivity contribution in [2.45, 2.75) is 36.1 Å². The molecule has 0 radical (unpaired) electrons. The highest BCUT2D eigenvalue weighted by molar-refractivity contribution is 7.99. The summed E-state index contributed by atoms with van der Waals surface area (Å²) < 4.78 is 0. The average molecular weight is 272 g/mol. The predicted molar refractivity (Wildman–Crippen MR) is 77.2 cm³/mol. The maximum absolute atomic E-state index is 5.41. The number of aromatic nitrogens is 2. The topological polar surface area (TPSA) is 63.8 Å². The molecule has 0 aliphatic heterocycles. The number of aryl methyl sites for hydroxylation is 3. The summed E-state index contributed by atoms with van der Waals surface area (Å²) in [5.74, 6) is 6.78. The molecular weight excluding hydrogens is 256 g/mol. The zero-order valence-corrected chi connectivity index (χ0v) is 11.6. The van der Waals surface area contributed by atoms with Crippen LogP contribution in [0.1, 0.15) is 23.4 Å². The van der Waals surface area contributed by atoms with E-state index in [1.165, 1.54) is 35.3 Å². The first-order chi connectivity index (χ1) is 9.24. The van der Waals surface area contributed by atoms with Crippen LogP contribution in [0.25, 0.3) is 0 Å². The van der Waals surface area contributed by atoms with Crippen LogP contribution >= 0.6 is 11.8 Å². The summed E-state index contributed by atoms with van der Waals surface area (Å²) in [7, 11) is 0.